The number of hydrogen-bond acceptors (Lipinski definition) is 6. The van der Waals surface area contributed by atoms with Gasteiger partial charge in [0, 0.05) is 12.6 Å². The molecule has 0 amide bonds. The topological polar surface area (TPSA) is 123 Å². The van der Waals surface area contributed by atoms with Crippen molar-refractivity contribution in [2.75, 3.05) is 7.11 Å². The normalized spacial score (nSPS) is 12.7. The second-order valence-corrected chi connectivity index (χ2v) is 5.96. The van der Waals surface area contributed by atoms with Gasteiger partial charge in [0.15, 0.2) is 0 Å². The van der Waals surface area contributed by atoms with Crippen LogP contribution in [-0.4, -0.2) is 43.6 Å². The molecule has 1 atom stereocenters. The van der Waals surface area contributed by atoms with Gasteiger partial charge in [-0.1, -0.05) is 11.6 Å². The van der Waals surface area contributed by atoms with E-state index in [0.29, 0.717) is 0 Å². The Labute approximate surface area is 126 Å². The molecular weight excluding hydrogens is 324 g/mol. The van der Waals surface area contributed by atoms with Gasteiger partial charge in [0.25, 0.3) is 0 Å². The summed E-state index contributed by atoms with van der Waals surface area (Å²) in [4.78, 5) is 25.3. The highest BCUT2D eigenvalue weighted by Crippen LogP contribution is 2.18. The average Bonchev–Trinajstić information content (AvgIpc) is 2.42. The maximum absolute atomic E-state index is 12.1. The number of esters is 1. The molecule has 0 aliphatic rings. The summed E-state index contributed by atoms with van der Waals surface area (Å²) >= 11 is 5.67. The molecule has 10 heteroatoms. The van der Waals surface area contributed by atoms with Gasteiger partial charge < -0.3 is 9.84 Å². The van der Waals surface area contributed by atoms with Crippen LogP contribution >= 0.6 is 11.6 Å². The molecule has 2 N–H and O–H groups in total. The predicted molar refractivity (Wildman–Crippen MR) is 72.2 cm³/mol. The molecule has 1 aromatic rings. The molecule has 0 aliphatic carbocycles. The Morgan fingerprint density at radius 1 is 1.52 bits per heavy atom. The van der Waals surface area contributed by atoms with Crippen LogP contribution in [0.2, 0.25) is 5.15 Å². The van der Waals surface area contributed by atoms with Crippen molar-refractivity contribution in [2.24, 2.45) is 0 Å². The molecule has 0 fully saturated rings. The highest BCUT2D eigenvalue weighted by molar-refractivity contribution is 7.89. The number of sulfonamides is 1. The fourth-order valence-electron chi connectivity index (χ4n) is 1.42. The number of nitrogens with zero attached hydrogens (tertiary/aromatic N) is 1. The van der Waals surface area contributed by atoms with Crippen LogP contribution in [0.4, 0.5) is 0 Å². The minimum absolute atomic E-state index is 0.239. The van der Waals surface area contributed by atoms with Crippen molar-refractivity contribution in [1.29, 1.82) is 0 Å². The number of methoxy groups -OCH3 is 1. The number of carboxylic acids is 1. The third-order valence-corrected chi connectivity index (χ3v) is 4.39. The van der Waals surface area contributed by atoms with E-state index in [9.17, 15) is 18.0 Å². The lowest BCUT2D eigenvalue weighted by molar-refractivity contribution is -0.142. The van der Waals surface area contributed by atoms with Gasteiger partial charge in [0.1, 0.15) is 16.1 Å². The summed E-state index contributed by atoms with van der Waals surface area (Å²) in [6.45, 7) is 0. The van der Waals surface area contributed by atoms with E-state index in [1.54, 1.807) is 0 Å². The van der Waals surface area contributed by atoms with E-state index in [-0.39, 0.29) is 22.9 Å². The van der Waals surface area contributed by atoms with Crippen LogP contribution < -0.4 is 4.72 Å². The number of aromatic nitrogens is 1. The zero-order valence-electron chi connectivity index (χ0n) is 10.9. The standard InChI is InChI=1S/C11H13ClN2O6S/c1-20-9(15)5-4-7(11(16)17)14-21(18,19)8-3-2-6-13-10(8)12/h2-3,6-7,14H,4-5H2,1H3,(H,16,17). The van der Waals surface area contributed by atoms with E-state index in [0.717, 1.165) is 7.11 Å². The summed E-state index contributed by atoms with van der Waals surface area (Å²) in [7, 11) is -3.02. The number of carbonyl (C=O) groups is 2. The molecule has 0 aromatic carbocycles. The van der Waals surface area contributed by atoms with Crippen LogP contribution in [0, 0.1) is 0 Å². The number of nitrogens with one attached hydrogen (secondary N) is 1. The first-order valence-electron chi connectivity index (χ1n) is 5.70. The fourth-order valence-corrected chi connectivity index (χ4v) is 3.10. The van der Waals surface area contributed by atoms with Gasteiger partial charge in [-0.05, 0) is 18.6 Å². The van der Waals surface area contributed by atoms with Gasteiger partial charge in [-0.25, -0.2) is 13.4 Å². The second-order valence-electron chi connectivity index (χ2n) is 3.92. The average molecular weight is 337 g/mol. The first-order chi connectivity index (χ1) is 9.77. The van der Waals surface area contributed by atoms with Crippen LogP contribution in [0.1, 0.15) is 12.8 Å². The Morgan fingerprint density at radius 3 is 2.71 bits per heavy atom. The molecule has 0 bridgehead atoms. The number of carboxylic acid groups (broad SMARTS) is 1. The van der Waals surface area contributed by atoms with Crippen molar-refractivity contribution in [3.05, 3.63) is 23.5 Å². The lowest BCUT2D eigenvalue weighted by Crippen LogP contribution is -2.41. The van der Waals surface area contributed by atoms with Gasteiger partial charge in [0.2, 0.25) is 10.0 Å². The molecule has 1 heterocycles. The fraction of sp³-hybridized carbons (Fsp3) is 0.364. The summed E-state index contributed by atoms with van der Waals surface area (Å²) in [5.74, 6) is -2.05. The molecule has 0 radical (unpaired) electrons. The summed E-state index contributed by atoms with van der Waals surface area (Å²) in [5.41, 5.74) is 0. The van der Waals surface area contributed by atoms with Crippen molar-refractivity contribution in [1.82, 2.24) is 9.71 Å². The molecular formula is C11H13ClN2O6S. The van der Waals surface area contributed by atoms with E-state index < -0.39 is 28.0 Å². The number of rotatable bonds is 7. The minimum Gasteiger partial charge on any atom is -0.480 e. The van der Waals surface area contributed by atoms with Crippen molar-refractivity contribution < 1.29 is 27.9 Å². The van der Waals surface area contributed by atoms with Crippen LogP contribution in [0.25, 0.3) is 0 Å². The summed E-state index contributed by atoms with van der Waals surface area (Å²) in [6, 6.07) is 1.06. The van der Waals surface area contributed by atoms with Gasteiger partial charge in [-0.3, -0.25) is 9.59 Å². The third-order valence-electron chi connectivity index (χ3n) is 2.47. The first-order valence-corrected chi connectivity index (χ1v) is 7.56. The smallest absolute Gasteiger partial charge is 0.321 e. The van der Waals surface area contributed by atoms with E-state index in [1.165, 1.54) is 18.3 Å². The lowest BCUT2D eigenvalue weighted by Gasteiger charge is -2.14. The molecule has 8 nitrogen and oxygen atoms in total. The summed E-state index contributed by atoms with van der Waals surface area (Å²) in [5, 5.41) is 8.73. The molecule has 0 saturated carbocycles. The number of halogens is 1. The highest BCUT2D eigenvalue weighted by atomic mass is 35.5. The zero-order valence-corrected chi connectivity index (χ0v) is 12.5. The van der Waals surface area contributed by atoms with E-state index in [2.05, 4.69) is 9.72 Å². The van der Waals surface area contributed by atoms with Crippen molar-refractivity contribution in [3.63, 3.8) is 0 Å². The monoisotopic (exact) mass is 336 g/mol. The van der Waals surface area contributed by atoms with E-state index >= 15 is 0 Å². The number of aliphatic carboxylic acids is 1. The van der Waals surface area contributed by atoms with Crippen LogP contribution in [0.3, 0.4) is 0 Å². The Kier molecular flexibility index (Phi) is 6.06. The Balaban J connectivity index is 2.90. The Morgan fingerprint density at radius 2 is 2.19 bits per heavy atom. The quantitative estimate of drug-likeness (QED) is 0.546. The van der Waals surface area contributed by atoms with Crippen LogP contribution in [0.15, 0.2) is 23.2 Å². The van der Waals surface area contributed by atoms with E-state index in [1.807, 2.05) is 4.72 Å². The Bertz CT molecular complexity index is 633. The van der Waals surface area contributed by atoms with Gasteiger partial charge >= 0.3 is 11.9 Å². The summed E-state index contributed by atoms with van der Waals surface area (Å²) < 4.78 is 30.5. The number of carbonyl (C=O) groups excluding carboxylic acids is 1. The van der Waals surface area contributed by atoms with E-state index in [4.69, 9.17) is 16.7 Å². The number of hydrogen-bond donors (Lipinski definition) is 2. The molecule has 1 unspecified atom stereocenters. The van der Waals surface area contributed by atoms with Gasteiger partial charge in [-0.15, -0.1) is 0 Å². The van der Waals surface area contributed by atoms with Crippen LogP contribution in [-0.2, 0) is 24.3 Å². The maximum atomic E-state index is 12.1. The molecule has 21 heavy (non-hydrogen) atoms. The third kappa shape index (κ3) is 4.96. The molecule has 1 rings (SSSR count). The predicted octanol–water partition coefficient (Wildman–Crippen LogP) is 0.420. The molecule has 0 aliphatic heterocycles. The highest BCUT2D eigenvalue weighted by Gasteiger charge is 2.27. The molecule has 0 saturated heterocycles. The lowest BCUT2D eigenvalue weighted by atomic mass is 10.2. The van der Waals surface area contributed by atoms with Crippen molar-refractivity contribution in [3.8, 4) is 0 Å². The van der Waals surface area contributed by atoms with Gasteiger partial charge in [0.05, 0.1) is 7.11 Å². The Hall–Kier alpha value is -1.71. The SMILES string of the molecule is COC(=O)CCC(NS(=O)(=O)c1cccnc1Cl)C(=O)O. The van der Waals surface area contributed by atoms with Crippen molar-refractivity contribution in [2.45, 2.75) is 23.8 Å². The summed E-state index contributed by atoms with van der Waals surface area (Å²) in [6.07, 6.45) is 0.809. The maximum Gasteiger partial charge on any atom is 0.321 e. The minimum atomic E-state index is -4.17. The number of pyridine rings is 1. The largest absolute Gasteiger partial charge is 0.480 e. The zero-order chi connectivity index (χ0) is 16.0. The second kappa shape index (κ2) is 7.34. The first kappa shape index (κ1) is 17.3. The number of ether oxygens (including phenoxy) is 1. The molecule has 1 aromatic heterocycles. The molecule has 0 spiro atoms. The molecule has 116 valence electrons. The van der Waals surface area contributed by atoms with Crippen LogP contribution in [0.5, 0.6) is 0 Å². The van der Waals surface area contributed by atoms with Crippen molar-refractivity contribution >= 4 is 33.6 Å². The van der Waals surface area contributed by atoms with Gasteiger partial charge in [-0.2, -0.15) is 4.72 Å².